The quantitative estimate of drug-likeness (QED) is 0.644. The van der Waals surface area contributed by atoms with Crippen LogP contribution in [0.4, 0.5) is 11.4 Å². The third-order valence-electron chi connectivity index (χ3n) is 3.86. The van der Waals surface area contributed by atoms with Crippen LogP contribution in [0.2, 0.25) is 0 Å². The predicted molar refractivity (Wildman–Crippen MR) is 78.5 cm³/mol. The fraction of sp³-hybridized carbons (Fsp3) is 0.500. The maximum absolute atomic E-state index is 11.7. The maximum atomic E-state index is 11.7. The number of nitro benzene ring substituents is 1. The number of aliphatic hydroxyl groups excluding tert-OH is 1. The third-order valence-corrected chi connectivity index (χ3v) is 3.86. The Morgan fingerprint density at radius 1 is 1.52 bits per heavy atom. The monoisotopic (exact) mass is 293 g/mol. The highest BCUT2D eigenvalue weighted by Crippen LogP contribution is 2.32. The van der Waals surface area contributed by atoms with Gasteiger partial charge in [0.1, 0.15) is 5.69 Å². The van der Waals surface area contributed by atoms with E-state index in [1.165, 1.54) is 19.2 Å². The van der Waals surface area contributed by atoms with Crippen LogP contribution in [-0.4, -0.2) is 42.2 Å². The van der Waals surface area contributed by atoms with E-state index in [0.29, 0.717) is 30.8 Å². The third kappa shape index (κ3) is 3.13. The van der Waals surface area contributed by atoms with Crippen LogP contribution in [0.5, 0.6) is 0 Å². The van der Waals surface area contributed by atoms with Crippen LogP contribution in [0.1, 0.15) is 23.7 Å². The summed E-state index contributed by atoms with van der Waals surface area (Å²) >= 11 is 0. The Labute approximate surface area is 122 Å². The molecule has 1 saturated heterocycles. The Kier molecular flexibility index (Phi) is 4.42. The summed E-state index contributed by atoms with van der Waals surface area (Å²) in [6, 6.07) is 4.35. The highest BCUT2D eigenvalue weighted by Gasteiger charge is 2.28. The average Bonchev–Trinajstić information content (AvgIpc) is 2.48. The summed E-state index contributed by atoms with van der Waals surface area (Å²) in [4.78, 5) is 24.3. The van der Waals surface area contributed by atoms with Crippen LogP contribution in [0.3, 0.4) is 0 Å². The second kappa shape index (κ2) is 6.09. The number of nitro groups is 1. The van der Waals surface area contributed by atoms with E-state index in [2.05, 4.69) is 5.32 Å². The molecule has 114 valence electrons. The average molecular weight is 293 g/mol. The van der Waals surface area contributed by atoms with E-state index >= 15 is 0 Å². The van der Waals surface area contributed by atoms with Crippen molar-refractivity contribution in [2.24, 2.45) is 5.92 Å². The van der Waals surface area contributed by atoms with Crippen LogP contribution in [0.15, 0.2) is 18.2 Å². The number of carbonyl (C=O) groups is 1. The first-order valence-electron chi connectivity index (χ1n) is 6.87. The molecule has 21 heavy (non-hydrogen) atoms. The minimum absolute atomic E-state index is 0.0220. The largest absolute Gasteiger partial charge is 0.393 e. The molecule has 2 rings (SSSR count). The minimum Gasteiger partial charge on any atom is -0.393 e. The lowest BCUT2D eigenvalue weighted by molar-refractivity contribution is -0.384. The van der Waals surface area contributed by atoms with Crippen molar-refractivity contribution in [2.45, 2.75) is 19.4 Å². The molecular weight excluding hydrogens is 274 g/mol. The molecule has 0 spiro atoms. The molecule has 1 aliphatic rings. The Hall–Kier alpha value is -2.15. The number of benzene rings is 1. The summed E-state index contributed by atoms with van der Waals surface area (Å²) in [5, 5.41) is 23.5. The van der Waals surface area contributed by atoms with Crippen LogP contribution >= 0.6 is 0 Å². The van der Waals surface area contributed by atoms with E-state index in [0.717, 1.165) is 0 Å². The van der Waals surface area contributed by atoms with Gasteiger partial charge in [0, 0.05) is 31.8 Å². The van der Waals surface area contributed by atoms with E-state index in [4.69, 9.17) is 0 Å². The topological polar surface area (TPSA) is 95.7 Å². The zero-order valence-corrected chi connectivity index (χ0v) is 12.1. The zero-order chi connectivity index (χ0) is 15.6. The second-order valence-electron chi connectivity index (χ2n) is 5.32. The number of rotatable bonds is 3. The standard InChI is InChI=1S/C14H19N3O4/c1-9-8-16(6-5-13(9)18)12-7-10(14(19)15-2)3-4-11(12)17(20)21/h3-4,7,9,13,18H,5-6,8H2,1-2H3,(H,15,19). The van der Waals surface area contributed by atoms with Gasteiger partial charge in [-0.1, -0.05) is 6.92 Å². The van der Waals surface area contributed by atoms with E-state index in [1.54, 1.807) is 6.07 Å². The van der Waals surface area contributed by atoms with Gasteiger partial charge in [0.2, 0.25) is 0 Å². The summed E-state index contributed by atoms with van der Waals surface area (Å²) in [6.07, 6.45) is 0.171. The fourth-order valence-corrected chi connectivity index (χ4v) is 2.57. The lowest BCUT2D eigenvalue weighted by atomic mass is 9.96. The van der Waals surface area contributed by atoms with Crippen LogP contribution in [0, 0.1) is 16.0 Å². The summed E-state index contributed by atoms with van der Waals surface area (Å²) in [5.74, 6) is -0.252. The first-order chi connectivity index (χ1) is 9.93. The first kappa shape index (κ1) is 15.2. The number of aliphatic hydroxyl groups is 1. The summed E-state index contributed by atoms with van der Waals surface area (Å²) in [5.41, 5.74) is 0.794. The van der Waals surface area contributed by atoms with E-state index in [1.807, 2.05) is 11.8 Å². The van der Waals surface area contributed by atoms with Gasteiger partial charge >= 0.3 is 0 Å². The molecule has 1 aromatic carbocycles. The number of nitrogens with one attached hydrogen (secondary N) is 1. The molecule has 1 amide bonds. The van der Waals surface area contributed by atoms with E-state index in [9.17, 15) is 20.0 Å². The lowest BCUT2D eigenvalue weighted by Crippen LogP contribution is -2.42. The van der Waals surface area contributed by atoms with Crippen molar-refractivity contribution in [1.29, 1.82) is 0 Å². The number of anilines is 1. The van der Waals surface area contributed by atoms with Crippen LogP contribution < -0.4 is 10.2 Å². The number of piperidine rings is 1. The summed E-state index contributed by atoms with van der Waals surface area (Å²) in [7, 11) is 1.52. The van der Waals surface area contributed by atoms with Gasteiger partial charge in [-0.2, -0.15) is 0 Å². The normalized spacial score (nSPS) is 22.0. The molecule has 1 fully saturated rings. The van der Waals surface area contributed by atoms with Crippen molar-refractivity contribution in [3.63, 3.8) is 0 Å². The molecule has 1 heterocycles. The molecule has 0 bridgehead atoms. The molecule has 2 unspecified atom stereocenters. The highest BCUT2D eigenvalue weighted by atomic mass is 16.6. The Bertz CT molecular complexity index is 561. The second-order valence-corrected chi connectivity index (χ2v) is 5.32. The summed E-state index contributed by atoms with van der Waals surface area (Å²) in [6.45, 7) is 2.97. The molecule has 2 N–H and O–H groups in total. The van der Waals surface area contributed by atoms with Gasteiger partial charge in [-0.05, 0) is 24.5 Å². The molecule has 0 aliphatic carbocycles. The van der Waals surface area contributed by atoms with Crippen LogP contribution in [-0.2, 0) is 0 Å². The van der Waals surface area contributed by atoms with Gasteiger partial charge in [-0.15, -0.1) is 0 Å². The van der Waals surface area contributed by atoms with Gasteiger partial charge < -0.3 is 15.3 Å². The van der Waals surface area contributed by atoms with E-state index < -0.39 is 4.92 Å². The SMILES string of the molecule is CNC(=O)c1ccc([N+](=O)[O-])c(N2CCC(O)C(C)C2)c1. The molecule has 0 aromatic heterocycles. The van der Waals surface area contributed by atoms with Crippen molar-refractivity contribution < 1.29 is 14.8 Å². The number of hydrogen-bond donors (Lipinski definition) is 2. The number of nitrogens with zero attached hydrogens (tertiary/aromatic N) is 2. The van der Waals surface area contributed by atoms with Gasteiger partial charge in [0.15, 0.2) is 0 Å². The Balaban J connectivity index is 2.39. The van der Waals surface area contributed by atoms with Crippen LogP contribution in [0.25, 0.3) is 0 Å². The van der Waals surface area contributed by atoms with Gasteiger partial charge in [-0.25, -0.2) is 0 Å². The van der Waals surface area contributed by atoms with Crippen molar-refractivity contribution in [1.82, 2.24) is 5.32 Å². The molecule has 7 nitrogen and oxygen atoms in total. The van der Waals surface area contributed by atoms with Crippen molar-refractivity contribution >= 4 is 17.3 Å². The minimum atomic E-state index is -0.446. The molecular formula is C14H19N3O4. The van der Waals surface area contributed by atoms with Crippen molar-refractivity contribution in [2.75, 3.05) is 25.0 Å². The van der Waals surface area contributed by atoms with E-state index in [-0.39, 0.29) is 23.6 Å². The van der Waals surface area contributed by atoms with Gasteiger partial charge in [0.05, 0.1) is 11.0 Å². The van der Waals surface area contributed by atoms with Gasteiger partial charge in [-0.3, -0.25) is 14.9 Å². The molecule has 0 radical (unpaired) electrons. The van der Waals surface area contributed by atoms with Gasteiger partial charge in [0.25, 0.3) is 11.6 Å². The predicted octanol–water partition coefficient (Wildman–Crippen LogP) is 1.16. The first-order valence-corrected chi connectivity index (χ1v) is 6.87. The fourth-order valence-electron chi connectivity index (χ4n) is 2.57. The smallest absolute Gasteiger partial charge is 0.292 e. The number of carbonyl (C=O) groups excluding carboxylic acids is 1. The number of hydrogen-bond acceptors (Lipinski definition) is 5. The Morgan fingerprint density at radius 3 is 2.81 bits per heavy atom. The molecule has 2 atom stereocenters. The molecule has 0 saturated carbocycles. The summed E-state index contributed by atoms with van der Waals surface area (Å²) < 4.78 is 0. The zero-order valence-electron chi connectivity index (χ0n) is 12.1. The molecule has 1 aromatic rings. The van der Waals surface area contributed by atoms with Crippen molar-refractivity contribution in [3.8, 4) is 0 Å². The van der Waals surface area contributed by atoms with Crippen molar-refractivity contribution in [3.05, 3.63) is 33.9 Å². The maximum Gasteiger partial charge on any atom is 0.292 e. The Morgan fingerprint density at radius 2 is 2.24 bits per heavy atom. The highest BCUT2D eigenvalue weighted by molar-refractivity contribution is 5.95. The molecule has 7 heteroatoms. The lowest BCUT2D eigenvalue weighted by Gasteiger charge is -2.35. The molecule has 1 aliphatic heterocycles. The number of amides is 1.